The van der Waals surface area contributed by atoms with Crippen LogP contribution in [-0.4, -0.2) is 26.5 Å². The second-order valence-electron chi connectivity index (χ2n) is 6.11. The average molecular weight is 322 g/mol. The van der Waals surface area contributed by atoms with Crippen molar-refractivity contribution in [2.24, 2.45) is 5.92 Å². The molecule has 0 aliphatic heterocycles. The lowest BCUT2D eigenvalue weighted by Crippen LogP contribution is -2.19. The third-order valence-corrected chi connectivity index (χ3v) is 3.81. The molecular weight excluding hydrogens is 304 g/mol. The van der Waals surface area contributed by atoms with E-state index in [0.717, 1.165) is 5.52 Å². The Balaban J connectivity index is 2.21. The molecule has 0 atom stereocenters. The molecule has 0 saturated carbocycles. The van der Waals surface area contributed by atoms with Crippen molar-refractivity contribution in [1.82, 2.24) is 9.55 Å². The van der Waals surface area contributed by atoms with Crippen LogP contribution < -0.4 is 0 Å². The van der Waals surface area contributed by atoms with E-state index < -0.39 is 5.97 Å². The van der Waals surface area contributed by atoms with Gasteiger partial charge in [0.1, 0.15) is 5.82 Å². The Labute approximate surface area is 139 Å². The highest BCUT2D eigenvalue weighted by Gasteiger charge is 2.22. The zero-order chi connectivity index (χ0) is 17.3. The first kappa shape index (κ1) is 15.9. The predicted octanol–water partition coefficient (Wildman–Crippen LogP) is 3.62. The van der Waals surface area contributed by atoms with E-state index in [1.165, 1.54) is 10.6 Å². The van der Waals surface area contributed by atoms with Crippen LogP contribution in [-0.2, 0) is 6.42 Å². The zero-order valence-electron chi connectivity index (χ0n) is 13.6. The second-order valence-corrected chi connectivity index (χ2v) is 6.11. The summed E-state index contributed by atoms with van der Waals surface area (Å²) in [6.45, 7) is 4.11. The number of carbonyl (C=O) groups excluding carboxylic acids is 1. The number of carbonyl (C=O) groups is 2. The van der Waals surface area contributed by atoms with Crippen molar-refractivity contribution in [2.75, 3.05) is 0 Å². The summed E-state index contributed by atoms with van der Waals surface area (Å²) in [5, 5.41) is 9.36. The van der Waals surface area contributed by atoms with Gasteiger partial charge in [-0.3, -0.25) is 9.36 Å². The van der Waals surface area contributed by atoms with Crippen LogP contribution in [0, 0.1) is 5.92 Å². The minimum atomic E-state index is -1.12. The summed E-state index contributed by atoms with van der Waals surface area (Å²) >= 11 is 0. The maximum absolute atomic E-state index is 13.1. The molecule has 24 heavy (non-hydrogen) atoms. The van der Waals surface area contributed by atoms with Crippen LogP contribution >= 0.6 is 0 Å². The van der Waals surface area contributed by atoms with E-state index in [1.54, 1.807) is 18.2 Å². The number of para-hydroxylation sites is 2. The number of hydrogen-bond acceptors (Lipinski definition) is 3. The number of aromatic carboxylic acids is 1. The topological polar surface area (TPSA) is 72.2 Å². The highest BCUT2D eigenvalue weighted by molar-refractivity contribution is 6.08. The third-order valence-electron chi connectivity index (χ3n) is 3.81. The van der Waals surface area contributed by atoms with E-state index in [0.29, 0.717) is 23.7 Å². The van der Waals surface area contributed by atoms with Crippen molar-refractivity contribution in [3.63, 3.8) is 0 Å². The second kappa shape index (κ2) is 6.28. The maximum Gasteiger partial charge on any atom is 0.336 e. The molecule has 122 valence electrons. The van der Waals surface area contributed by atoms with E-state index >= 15 is 0 Å². The Morgan fingerprint density at radius 3 is 2.33 bits per heavy atom. The first-order valence-electron chi connectivity index (χ1n) is 7.82. The van der Waals surface area contributed by atoms with Crippen molar-refractivity contribution in [3.05, 3.63) is 65.5 Å². The van der Waals surface area contributed by atoms with Crippen LogP contribution in [0.3, 0.4) is 0 Å². The Kier molecular flexibility index (Phi) is 4.16. The molecule has 0 amide bonds. The zero-order valence-corrected chi connectivity index (χ0v) is 13.6. The van der Waals surface area contributed by atoms with Gasteiger partial charge in [0, 0.05) is 6.42 Å². The van der Waals surface area contributed by atoms with Crippen molar-refractivity contribution >= 4 is 22.9 Å². The molecule has 0 radical (unpaired) electrons. The molecular formula is C19H18N2O3. The van der Waals surface area contributed by atoms with Crippen LogP contribution in [0.4, 0.5) is 0 Å². The van der Waals surface area contributed by atoms with Gasteiger partial charge in [-0.25, -0.2) is 9.78 Å². The van der Waals surface area contributed by atoms with E-state index in [9.17, 15) is 14.7 Å². The van der Waals surface area contributed by atoms with Crippen molar-refractivity contribution in [1.29, 1.82) is 0 Å². The standard InChI is InChI=1S/C19H18N2O3/c1-12(2)11-17-20-15-9-5-6-10-16(15)21(17)18(22)13-7-3-4-8-14(13)19(23)24/h3-10,12H,11H2,1-2H3,(H,23,24). The van der Waals surface area contributed by atoms with Gasteiger partial charge < -0.3 is 5.11 Å². The molecule has 0 bridgehead atoms. The van der Waals surface area contributed by atoms with Crippen molar-refractivity contribution < 1.29 is 14.7 Å². The van der Waals surface area contributed by atoms with Gasteiger partial charge in [0.05, 0.1) is 22.2 Å². The quantitative estimate of drug-likeness (QED) is 0.796. The van der Waals surface area contributed by atoms with Gasteiger partial charge in [0.2, 0.25) is 0 Å². The molecule has 0 aliphatic rings. The molecule has 3 aromatic rings. The minimum absolute atomic E-state index is 0.00391. The SMILES string of the molecule is CC(C)Cc1nc2ccccc2n1C(=O)c1ccccc1C(=O)O. The summed E-state index contributed by atoms with van der Waals surface area (Å²) in [5.41, 5.74) is 1.58. The number of aromatic nitrogens is 2. The summed E-state index contributed by atoms with van der Waals surface area (Å²) in [5.74, 6) is -0.509. The number of imidazole rings is 1. The average Bonchev–Trinajstić information content (AvgIpc) is 2.91. The number of fused-ring (bicyclic) bond motifs is 1. The molecule has 0 spiro atoms. The lowest BCUT2D eigenvalue weighted by molar-refractivity contribution is 0.0691. The Morgan fingerprint density at radius 1 is 1.04 bits per heavy atom. The van der Waals surface area contributed by atoms with E-state index in [1.807, 2.05) is 24.3 Å². The van der Waals surface area contributed by atoms with Crippen LogP contribution in [0.5, 0.6) is 0 Å². The lowest BCUT2D eigenvalue weighted by Gasteiger charge is -2.11. The van der Waals surface area contributed by atoms with Crippen molar-refractivity contribution in [2.45, 2.75) is 20.3 Å². The van der Waals surface area contributed by atoms with E-state index in [-0.39, 0.29) is 17.0 Å². The van der Waals surface area contributed by atoms with E-state index in [4.69, 9.17) is 0 Å². The summed E-state index contributed by atoms with van der Waals surface area (Å²) in [4.78, 5) is 29.1. The van der Waals surface area contributed by atoms with Gasteiger partial charge in [-0.05, 0) is 30.2 Å². The number of hydrogen-bond donors (Lipinski definition) is 1. The first-order chi connectivity index (χ1) is 11.5. The molecule has 0 aliphatic carbocycles. The molecule has 1 N–H and O–H groups in total. The number of rotatable bonds is 4. The maximum atomic E-state index is 13.1. The Morgan fingerprint density at radius 2 is 1.67 bits per heavy atom. The molecule has 2 aromatic carbocycles. The van der Waals surface area contributed by atoms with Gasteiger partial charge in [-0.1, -0.05) is 38.1 Å². The summed E-state index contributed by atoms with van der Waals surface area (Å²) in [7, 11) is 0. The van der Waals surface area contributed by atoms with Gasteiger partial charge >= 0.3 is 5.97 Å². The molecule has 5 heteroatoms. The summed E-state index contributed by atoms with van der Waals surface area (Å²) in [6.07, 6.45) is 0.635. The van der Waals surface area contributed by atoms with Crippen LogP contribution in [0.1, 0.15) is 40.4 Å². The molecule has 5 nitrogen and oxygen atoms in total. The smallest absolute Gasteiger partial charge is 0.336 e. The summed E-state index contributed by atoms with van der Waals surface area (Å²) < 4.78 is 1.54. The summed E-state index contributed by atoms with van der Waals surface area (Å²) in [6, 6.07) is 13.7. The number of carboxylic acids is 1. The molecule has 0 fully saturated rings. The molecule has 1 heterocycles. The molecule has 0 unspecified atom stereocenters. The Bertz CT molecular complexity index is 925. The number of benzene rings is 2. The number of carboxylic acid groups (broad SMARTS) is 1. The third kappa shape index (κ3) is 2.80. The molecule has 3 rings (SSSR count). The van der Waals surface area contributed by atoms with Crippen LogP contribution in [0.2, 0.25) is 0 Å². The lowest BCUT2D eigenvalue weighted by atomic mass is 10.1. The normalized spacial score (nSPS) is 11.1. The molecule has 1 aromatic heterocycles. The minimum Gasteiger partial charge on any atom is -0.478 e. The van der Waals surface area contributed by atoms with Crippen LogP contribution in [0.15, 0.2) is 48.5 Å². The number of nitrogens with zero attached hydrogens (tertiary/aromatic N) is 2. The van der Waals surface area contributed by atoms with Crippen LogP contribution in [0.25, 0.3) is 11.0 Å². The Hall–Kier alpha value is -2.95. The van der Waals surface area contributed by atoms with Gasteiger partial charge in [0.25, 0.3) is 5.91 Å². The van der Waals surface area contributed by atoms with Gasteiger partial charge in [-0.2, -0.15) is 0 Å². The van der Waals surface area contributed by atoms with E-state index in [2.05, 4.69) is 18.8 Å². The highest BCUT2D eigenvalue weighted by atomic mass is 16.4. The monoisotopic (exact) mass is 322 g/mol. The predicted molar refractivity (Wildman–Crippen MR) is 91.4 cm³/mol. The highest BCUT2D eigenvalue weighted by Crippen LogP contribution is 2.21. The fourth-order valence-electron chi connectivity index (χ4n) is 2.78. The molecule has 0 saturated heterocycles. The van der Waals surface area contributed by atoms with Crippen molar-refractivity contribution in [3.8, 4) is 0 Å². The van der Waals surface area contributed by atoms with Gasteiger partial charge in [0.15, 0.2) is 0 Å². The largest absolute Gasteiger partial charge is 0.478 e. The van der Waals surface area contributed by atoms with Gasteiger partial charge in [-0.15, -0.1) is 0 Å². The first-order valence-corrected chi connectivity index (χ1v) is 7.82. The fourth-order valence-corrected chi connectivity index (χ4v) is 2.78. The fraction of sp³-hybridized carbons (Fsp3) is 0.211.